The molecule has 1 aliphatic heterocycles. The van der Waals surface area contributed by atoms with Gasteiger partial charge in [0, 0.05) is 42.0 Å². The van der Waals surface area contributed by atoms with E-state index in [-0.39, 0.29) is 22.7 Å². The van der Waals surface area contributed by atoms with Crippen LogP contribution in [0.1, 0.15) is 50.8 Å². The second-order valence-corrected chi connectivity index (χ2v) is 12.3. The molecule has 7 nitrogen and oxygen atoms in total. The second-order valence-electron chi connectivity index (χ2n) is 11.9. The minimum absolute atomic E-state index is 0.00570. The maximum atomic E-state index is 14.7. The van der Waals surface area contributed by atoms with E-state index in [1.807, 2.05) is 0 Å². The van der Waals surface area contributed by atoms with E-state index in [1.165, 1.54) is 12.1 Å². The minimum atomic E-state index is -2.96. The highest BCUT2D eigenvalue weighted by Gasteiger charge is 2.49. The number of amides is 3. The van der Waals surface area contributed by atoms with E-state index in [0.717, 1.165) is 21.9 Å². The van der Waals surface area contributed by atoms with Crippen molar-refractivity contribution in [3.8, 4) is 0 Å². The van der Waals surface area contributed by atoms with Gasteiger partial charge in [-0.2, -0.15) is 0 Å². The molecule has 12 heteroatoms. The van der Waals surface area contributed by atoms with Gasteiger partial charge in [-0.15, -0.1) is 0 Å². The number of carbonyl (C=O) groups excluding carboxylic acids is 3. The lowest BCUT2D eigenvalue weighted by atomic mass is 9.87. The number of alkyl halides is 2. The van der Waals surface area contributed by atoms with Crippen LogP contribution in [0, 0.1) is 11.6 Å². The number of hydrogen-bond donors (Lipinski definition) is 1. The van der Waals surface area contributed by atoms with Crippen molar-refractivity contribution in [2.24, 2.45) is 0 Å². The zero-order valence-corrected chi connectivity index (χ0v) is 24.9. The lowest BCUT2D eigenvalue weighted by molar-refractivity contribution is -0.133. The summed E-state index contributed by atoms with van der Waals surface area (Å²) in [4.78, 5) is 44.2. The number of rotatable bonds is 6. The van der Waals surface area contributed by atoms with Crippen LogP contribution in [0.25, 0.3) is 0 Å². The van der Waals surface area contributed by atoms with Gasteiger partial charge in [-0.05, 0) is 50.6 Å². The first-order valence-corrected chi connectivity index (χ1v) is 14.3. The molecule has 3 aromatic rings. The van der Waals surface area contributed by atoms with Crippen molar-refractivity contribution in [2.75, 3.05) is 9.80 Å². The van der Waals surface area contributed by atoms with E-state index in [1.54, 1.807) is 57.2 Å². The van der Waals surface area contributed by atoms with Gasteiger partial charge in [0.1, 0.15) is 29.3 Å². The molecule has 0 aromatic heterocycles. The van der Waals surface area contributed by atoms with Gasteiger partial charge >= 0.3 is 6.09 Å². The zero-order chi connectivity index (χ0) is 32.0. The van der Waals surface area contributed by atoms with E-state index >= 15 is 0 Å². The summed E-state index contributed by atoms with van der Waals surface area (Å²) < 4.78 is 62.3. The van der Waals surface area contributed by atoms with Crippen LogP contribution in [-0.2, 0) is 20.7 Å². The molecule has 2 aliphatic rings. The standard InChI is InChI=1S/C32H30ClF4N3O4/c1-31(2,3)44-30(43)40-25-11-7-4-8-18(25)12-26(40)29(42)39(22-14-19(34)13-20(35)15-22)27(23-9-5-6-10-24(23)33)28(41)38-21-16-32(36,37)17-21/h4-11,13-15,21,26-27H,12,16-17H2,1-3H3,(H,38,41). The zero-order valence-electron chi connectivity index (χ0n) is 24.1. The third kappa shape index (κ3) is 6.52. The van der Waals surface area contributed by atoms with Crippen molar-refractivity contribution in [1.82, 2.24) is 5.32 Å². The molecule has 3 aromatic carbocycles. The van der Waals surface area contributed by atoms with Crippen molar-refractivity contribution < 1.29 is 36.7 Å². The third-order valence-corrected chi connectivity index (χ3v) is 7.70. The molecule has 2 atom stereocenters. The molecule has 2 unspecified atom stereocenters. The average Bonchev–Trinajstić information content (AvgIpc) is 3.29. The molecule has 0 bridgehead atoms. The Morgan fingerprint density at radius 1 is 1.00 bits per heavy atom. The van der Waals surface area contributed by atoms with Gasteiger partial charge in [0.2, 0.25) is 5.91 Å². The predicted octanol–water partition coefficient (Wildman–Crippen LogP) is 6.97. The molecule has 5 rings (SSSR count). The average molecular weight is 632 g/mol. The number of nitrogens with zero attached hydrogens (tertiary/aromatic N) is 2. The van der Waals surface area contributed by atoms with E-state index in [4.69, 9.17) is 16.3 Å². The third-order valence-electron chi connectivity index (χ3n) is 7.36. The molecule has 232 valence electrons. The highest BCUT2D eigenvalue weighted by molar-refractivity contribution is 6.31. The summed E-state index contributed by atoms with van der Waals surface area (Å²) in [5, 5.41) is 2.58. The molecule has 3 amide bonds. The summed E-state index contributed by atoms with van der Waals surface area (Å²) >= 11 is 6.51. The number of hydrogen-bond acceptors (Lipinski definition) is 4. The lowest BCUT2D eigenvalue weighted by Gasteiger charge is -2.39. The van der Waals surface area contributed by atoms with Crippen LogP contribution in [0.5, 0.6) is 0 Å². The Balaban J connectivity index is 1.64. The van der Waals surface area contributed by atoms with Crippen LogP contribution in [-0.4, -0.2) is 41.5 Å². The highest BCUT2D eigenvalue weighted by atomic mass is 35.5. The first-order valence-electron chi connectivity index (χ1n) is 14.0. The Labute approximate surface area is 256 Å². The van der Waals surface area contributed by atoms with Gasteiger partial charge in [-0.25, -0.2) is 22.4 Å². The van der Waals surface area contributed by atoms with Crippen molar-refractivity contribution in [2.45, 2.75) is 69.7 Å². The van der Waals surface area contributed by atoms with Crippen LogP contribution in [0.3, 0.4) is 0 Å². The molecular weight excluding hydrogens is 602 g/mol. The SMILES string of the molecule is CC(C)(C)OC(=O)N1c2ccccc2CC1C(=O)N(c1cc(F)cc(F)c1)C(C(=O)NC1CC(F)(F)C1)c1ccccc1Cl. The monoisotopic (exact) mass is 631 g/mol. The molecule has 0 saturated heterocycles. The van der Waals surface area contributed by atoms with Crippen LogP contribution < -0.4 is 15.1 Å². The van der Waals surface area contributed by atoms with Crippen molar-refractivity contribution in [3.63, 3.8) is 0 Å². The summed E-state index contributed by atoms with van der Waals surface area (Å²) in [7, 11) is 0. The number of fused-ring (bicyclic) bond motifs is 1. The molecule has 1 saturated carbocycles. The van der Waals surface area contributed by atoms with Crippen LogP contribution in [0.15, 0.2) is 66.7 Å². The Morgan fingerprint density at radius 3 is 2.23 bits per heavy atom. The number of halogens is 5. The first-order chi connectivity index (χ1) is 20.6. The predicted molar refractivity (Wildman–Crippen MR) is 157 cm³/mol. The van der Waals surface area contributed by atoms with Gasteiger partial charge < -0.3 is 10.1 Å². The maximum Gasteiger partial charge on any atom is 0.415 e. The number of ether oxygens (including phenoxy) is 1. The molecule has 1 fully saturated rings. The summed E-state index contributed by atoms with van der Waals surface area (Å²) in [6, 6.07) is 11.3. The van der Waals surface area contributed by atoms with Crippen LogP contribution >= 0.6 is 11.6 Å². The Bertz CT molecular complexity index is 1580. The van der Waals surface area contributed by atoms with Gasteiger partial charge in [0.25, 0.3) is 11.8 Å². The minimum Gasteiger partial charge on any atom is -0.443 e. The topological polar surface area (TPSA) is 79.0 Å². The molecule has 44 heavy (non-hydrogen) atoms. The van der Waals surface area contributed by atoms with Crippen molar-refractivity contribution >= 4 is 40.9 Å². The van der Waals surface area contributed by atoms with E-state index in [9.17, 15) is 31.9 Å². The maximum absolute atomic E-state index is 14.7. The van der Waals surface area contributed by atoms with Gasteiger partial charge in [0.05, 0.1) is 11.4 Å². The Kier molecular flexibility index (Phi) is 8.37. The molecule has 1 aliphatic carbocycles. The lowest BCUT2D eigenvalue weighted by Crippen LogP contribution is -2.57. The second kappa shape index (κ2) is 11.8. The number of carbonyl (C=O) groups is 3. The summed E-state index contributed by atoms with van der Waals surface area (Å²) in [6.45, 7) is 4.98. The number of benzene rings is 3. The van der Waals surface area contributed by atoms with Crippen molar-refractivity contribution in [1.29, 1.82) is 0 Å². The summed E-state index contributed by atoms with van der Waals surface area (Å²) in [5.74, 6) is -6.79. The fourth-order valence-corrected chi connectivity index (χ4v) is 5.74. The molecule has 1 N–H and O–H groups in total. The molecule has 0 spiro atoms. The smallest absolute Gasteiger partial charge is 0.415 e. The summed E-state index contributed by atoms with van der Waals surface area (Å²) in [6.07, 6.45) is -2.07. The number of anilines is 2. The Morgan fingerprint density at radius 2 is 1.61 bits per heavy atom. The fourth-order valence-electron chi connectivity index (χ4n) is 5.50. The summed E-state index contributed by atoms with van der Waals surface area (Å²) in [5.41, 5.74) is -0.182. The number of nitrogens with one attached hydrogen (secondary N) is 1. The quantitative estimate of drug-likeness (QED) is 0.298. The van der Waals surface area contributed by atoms with Crippen LogP contribution in [0.2, 0.25) is 5.02 Å². The molecule has 1 heterocycles. The molecular formula is C32H30ClF4N3O4. The molecule has 0 radical (unpaired) electrons. The van der Waals surface area contributed by atoms with Crippen molar-refractivity contribution in [3.05, 3.63) is 94.5 Å². The Hall–Kier alpha value is -4.12. The van der Waals surface area contributed by atoms with Gasteiger partial charge in [-0.1, -0.05) is 48.0 Å². The fraction of sp³-hybridized carbons (Fsp3) is 0.344. The van der Waals surface area contributed by atoms with Gasteiger partial charge in [0.15, 0.2) is 0 Å². The highest BCUT2D eigenvalue weighted by Crippen LogP contribution is 2.41. The van der Waals surface area contributed by atoms with Crippen LogP contribution in [0.4, 0.5) is 33.7 Å². The van der Waals surface area contributed by atoms with E-state index in [2.05, 4.69) is 5.32 Å². The van der Waals surface area contributed by atoms with E-state index in [0.29, 0.717) is 17.3 Å². The number of para-hydroxylation sites is 1. The normalized spacial score (nSPS) is 18.2. The van der Waals surface area contributed by atoms with Gasteiger partial charge in [-0.3, -0.25) is 19.4 Å². The van der Waals surface area contributed by atoms with E-state index < -0.39 is 72.0 Å². The largest absolute Gasteiger partial charge is 0.443 e. The first kappa shape index (κ1) is 31.3.